The summed E-state index contributed by atoms with van der Waals surface area (Å²) in [6.07, 6.45) is 5.26. The van der Waals surface area contributed by atoms with E-state index in [1.54, 1.807) is 30.2 Å². The number of ketones is 2. The lowest BCUT2D eigenvalue weighted by Gasteiger charge is -2.37. The SMILES string of the molecule is C=C1CCC(N2C(=O)c3cccc(OCC(=O)CCCOCCCC(=O)COc4ccc([C@@H](CCc5ccc(OC)c(C)c5)OC(=O)[C@@H]5CCCCN5C(=O)[C@@H](CC)c5cc(C)c(C)c(C)c5)cc4)c3C2=O)C(=O)N1. The van der Waals surface area contributed by atoms with Crippen molar-refractivity contribution in [1.82, 2.24) is 15.1 Å². The number of benzene rings is 4. The maximum absolute atomic E-state index is 14.3. The lowest BCUT2D eigenvalue weighted by Crippen LogP contribution is -2.51. The van der Waals surface area contributed by atoms with Crippen LogP contribution in [0.1, 0.15) is 149 Å². The summed E-state index contributed by atoms with van der Waals surface area (Å²) in [4.78, 5) is 96.0. The zero-order chi connectivity index (χ0) is 53.8. The van der Waals surface area contributed by atoms with Crippen LogP contribution < -0.4 is 19.5 Å². The van der Waals surface area contributed by atoms with Crippen molar-refractivity contribution < 1.29 is 57.2 Å². The summed E-state index contributed by atoms with van der Waals surface area (Å²) in [5.74, 6) is -1.47. The standard InChI is InChI=1S/C60H71N3O12/c1-8-48(44-33-37(2)41(6)38(3)34-44)57(67)62-29-10-9-17-51(62)60(70)75-53(28-21-42-20-27-52(71-7)39(4)32-42)43-22-24-47(25-23-43)73-35-45(64)14-12-30-72-31-13-15-46(65)36-74-54-18-11-16-49-55(54)59(69)63(58(49)68)50-26-19-40(5)61-56(50)66/h11,16,18,20,22-25,27,32-34,48,50-51,53H,5,8-10,12-15,17,19,21,26,28-31,35-36H2,1-4,6-7H3,(H,61,66)/t48-,50?,51-,53+/m0/s1. The van der Waals surface area contributed by atoms with E-state index in [-0.39, 0.29) is 72.7 Å². The van der Waals surface area contributed by atoms with Gasteiger partial charge in [0, 0.05) is 38.3 Å². The van der Waals surface area contributed by atoms with E-state index in [1.807, 2.05) is 38.1 Å². The van der Waals surface area contributed by atoms with Crippen molar-refractivity contribution in [2.75, 3.05) is 40.1 Å². The van der Waals surface area contributed by atoms with Crippen LogP contribution in [-0.4, -0.2) is 103 Å². The molecule has 15 nitrogen and oxygen atoms in total. The van der Waals surface area contributed by atoms with Crippen molar-refractivity contribution in [3.63, 3.8) is 0 Å². The van der Waals surface area contributed by atoms with Gasteiger partial charge in [-0.2, -0.15) is 0 Å². The van der Waals surface area contributed by atoms with Crippen molar-refractivity contribution in [1.29, 1.82) is 0 Å². The zero-order valence-corrected chi connectivity index (χ0v) is 44.3. The molecule has 4 aromatic rings. The van der Waals surface area contributed by atoms with Crippen molar-refractivity contribution in [3.05, 3.63) is 135 Å². The molecule has 7 rings (SSSR count). The summed E-state index contributed by atoms with van der Waals surface area (Å²) < 4.78 is 29.2. The van der Waals surface area contributed by atoms with Gasteiger partial charge in [0.05, 0.1) is 24.2 Å². The maximum atomic E-state index is 14.3. The molecule has 0 bridgehead atoms. The number of imide groups is 1. The van der Waals surface area contributed by atoms with Crippen molar-refractivity contribution in [2.45, 2.75) is 136 Å². The molecule has 0 aliphatic carbocycles. The smallest absolute Gasteiger partial charge is 0.329 e. The molecule has 0 radical (unpaired) electrons. The van der Waals surface area contributed by atoms with Gasteiger partial charge < -0.3 is 33.9 Å². The maximum Gasteiger partial charge on any atom is 0.329 e. The fraction of sp³-hybridized carbons (Fsp3) is 0.450. The molecule has 3 aliphatic heterocycles. The molecule has 4 amide bonds. The molecule has 398 valence electrons. The van der Waals surface area contributed by atoms with Crippen molar-refractivity contribution >= 4 is 41.2 Å². The van der Waals surface area contributed by atoms with E-state index in [1.165, 1.54) is 17.7 Å². The third-order valence-corrected chi connectivity index (χ3v) is 14.6. The average molecular weight is 1030 g/mol. The lowest BCUT2D eigenvalue weighted by molar-refractivity contribution is -0.162. The third kappa shape index (κ3) is 13.8. The second-order valence-electron chi connectivity index (χ2n) is 19.9. The first-order valence-electron chi connectivity index (χ1n) is 26.3. The number of amides is 4. The Balaban J connectivity index is 0.860. The normalized spacial score (nSPS) is 17.3. The number of likely N-dealkylation sites (tertiary alicyclic amines) is 1. The molecule has 0 aromatic heterocycles. The Morgan fingerprint density at radius 3 is 2.12 bits per heavy atom. The number of hydrogen-bond acceptors (Lipinski definition) is 12. The summed E-state index contributed by atoms with van der Waals surface area (Å²) in [6, 6.07) is 20.4. The number of Topliss-reactive ketones (excluding diaryl/α,β-unsaturated/α-hetero) is 2. The van der Waals surface area contributed by atoms with Crippen LogP contribution in [0.25, 0.3) is 0 Å². The number of fused-ring (bicyclic) bond motifs is 1. The molecular formula is C60H71N3O12. The van der Waals surface area contributed by atoms with Crippen LogP contribution in [-0.2, 0) is 39.9 Å². The van der Waals surface area contributed by atoms with E-state index in [4.69, 9.17) is 23.7 Å². The van der Waals surface area contributed by atoms with Gasteiger partial charge in [-0.25, -0.2) is 4.79 Å². The molecular weight excluding hydrogens is 955 g/mol. The minimum absolute atomic E-state index is 0.0345. The van der Waals surface area contributed by atoms with E-state index in [2.05, 4.69) is 50.9 Å². The number of ether oxygens (including phenoxy) is 5. The fourth-order valence-corrected chi connectivity index (χ4v) is 10.1. The number of esters is 1. The van der Waals surface area contributed by atoms with Crippen LogP contribution in [0.5, 0.6) is 17.2 Å². The predicted molar refractivity (Wildman–Crippen MR) is 282 cm³/mol. The van der Waals surface area contributed by atoms with Gasteiger partial charge >= 0.3 is 5.97 Å². The van der Waals surface area contributed by atoms with Gasteiger partial charge in [0.25, 0.3) is 11.8 Å². The Morgan fingerprint density at radius 1 is 0.773 bits per heavy atom. The first-order chi connectivity index (χ1) is 36.1. The van der Waals surface area contributed by atoms with E-state index in [0.717, 1.165) is 56.9 Å². The van der Waals surface area contributed by atoms with Crippen LogP contribution in [0.2, 0.25) is 0 Å². The molecule has 3 heterocycles. The molecule has 0 spiro atoms. The van der Waals surface area contributed by atoms with E-state index >= 15 is 0 Å². The summed E-state index contributed by atoms with van der Waals surface area (Å²) in [6.45, 7) is 14.6. The molecule has 15 heteroatoms. The van der Waals surface area contributed by atoms with Gasteiger partial charge in [0.15, 0.2) is 11.6 Å². The Hall–Kier alpha value is -7.13. The zero-order valence-electron chi connectivity index (χ0n) is 44.3. The number of nitrogens with one attached hydrogen (secondary N) is 1. The fourth-order valence-electron chi connectivity index (χ4n) is 10.1. The number of aryl methyl sites for hydroxylation is 4. The first-order valence-corrected chi connectivity index (χ1v) is 26.3. The molecule has 3 aliphatic rings. The highest BCUT2D eigenvalue weighted by Gasteiger charge is 2.45. The largest absolute Gasteiger partial charge is 0.496 e. The number of hydrogen-bond donors (Lipinski definition) is 1. The summed E-state index contributed by atoms with van der Waals surface area (Å²) in [5.41, 5.74) is 7.99. The third-order valence-electron chi connectivity index (χ3n) is 14.6. The Labute approximate surface area is 440 Å². The molecule has 4 aromatic carbocycles. The molecule has 75 heavy (non-hydrogen) atoms. The van der Waals surface area contributed by atoms with E-state index < -0.39 is 41.9 Å². The van der Waals surface area contributed by atoms with Gasteiger partial charge in [-0.05, 0) is 161 Å². The van der Waals surface area contributed by atoms with Gasteiger partial charge in [-0.3, -0.25) is 33.7 Å². The van der Waals surface area contributed by atoms with Crippen LogP contribution in [0, 0.1) is 27.7 Å². The number of nitrogens with zero attached hydrogens (tertiary/aromatic N) is 2. The molecule has 4 atom stereocenters. The monoisotopic (exact) mass is 1030 g/mol. The Bertz CT molecular complexity index is 2760. The highest BCUT2D eigenvalue weighted by atomic mass is 16.5. The minimum atomic E-state index is -0.958. The number of rotatable bonds is 25. The lowest BCUT2D eigenvalue weighted by atomic mass is 9.89. The Morgan fingerprint density at radius 2 is 1.47 bits per heavy atom. The van der Waals surface area contributed by atoms with Crippen LogP contribution >= 0.6 is 0 Å². The van der Waals surface area contributed by atoms with Gasteiger partial charge in [0.1, 0.15) is 48.6 Å². The second kappa shape index (κ2) is 25.9. The number of piperidine rings is 2. The number of methoxy groups -OCH3 is 1. The quantitative estimate of drug-likeness (QED) is 0.0378. The van der Waals surface area contributed by atoms with Crippen molar-refractivity contribution in [3.8, 4) is 17.2 Å². The Kier molecular flexibility index (Phi) is 19.2. The second-order valence-corrected chi connectivity index (χ2v) is 19.9. The molecule has 0 saturated carbocycles. The molecule has 1 N–H and O–H groups in total. The summed E-state index contributed by atoms with van der Waals surface area (Å²) in [5, 5.41) is 2.61. The number of carbonyl (C=O) groups is 7. The average Bonchev–Trinajstić information content (AvgIpc) is 3.66. The minimum Gasteiger partial charge on any atom is -0.496 e. The number of allylic oxidation sites excluding steroid dienone is 1. The van der Waals surface area contributed by atoms with Gasteiger partial charge in [-0.15, -0.1) is 0 Å². The highest BCUT2D eigenvalue weighted by molar-refractivity contribution is 6.24. The molecule has 2 fully saturated rings. The van der Waals surface area contributed by atoms with Crippen LogP contribution in [0.4, 0.5) is 0 Å². The first kappa shape index (κ1) is 55.6. The summed E-state index contributed by atoms with van der Waals surface area (Å²) >= 11 is 0. The van der Waals surface area contributed by atoms with Crippen molar-refractivity contribution in [2.24, 2.45) is 0 Å². The predicted octanol–water partition coefficient (Wildman–Crippen LogP) is 9.28. The van der Waals surface area contributed by atoms with Crippen LogP contribution in [0.3, 0.4) is 0 Å². The van der Waals surface area contributed by atoms with Crippen LogP contribution in [0.15, 0.2) is 85.1 Å². The topological polar surface area (TPSA) is 184 Å². The van der Waals surface area contributed by atoms with Gasteiger partial charge in [0.2, 0.25) is 11.8 Å². The molecule has 2 saturated heterocycles. The molecule has 1 unspecified atom stereocenters. The summed E-state index contributed by atoms with van der Waals surface area (Å²) in [7, 11) is 1.64. The van der Waals surface area contributed by atoms with Gasteiger partial charge in [-0.1, -0.05) is 56.0 Å². The number of carbonyl (C=O) groups excluding carboxylic acids is 7. The van der Waals surface area contributed by atoms with E-state index in [9.17, 15) is 33.6 Å². The highest BCUT2D eigenvalue weighted by Crippen LogP contribution is 2.36. The van der Waals surface area contributed by atoms with E-state index in [0.29, 0.717) is 76.2 Å².